The number of rotatable bonds is 3. The molecule has 1 fully saturated rings. The van der Waals surface area contributed by atoms with Crippen LogP contribution in [0.2, 0.25) is 0 Å². The second kappa shape index (κ2) is 7.84. The van der Waals surface area contributed by atoms with Crippen LogP contribution in [-0.2, 0) is 11.3 Å². The number of piperidine rings is 1. The zero-order chi connectivity index (χ0) is 18.8. The minimum atomic E-state index is -0.463. The summed E-state index contributed by atoms with van der Waals surface area (Å²) in [6, 6.07) is 3.82. The summed E-state index contributed by atoms with van der Waals surface area (Å²) in [5.41, 5.74) is 0.581. The highest BCUT2D eigenvalue weighted by molar-refractivity contribution is 9.11. The third-order valence-electron chi connectivity index (χ3n) is 4.31. The van der Waals surface area contributed by atoms with Crippen molar-refractivity contribution in [3.63, 3.8) is 0 Å². The van der Waals surface area contributed by atoms with Gasteiger partial charge in [-0.1, -0.05) is 0 Å². The van der Waals surface area contributed by atoms with Crippen molar-refractivity contribution in [2.75, 3.05) is 13.1 Å². The van der Waals surface area contributed by atoms with Gasteiger partial charge in [0.1, 0.15) is 11.4 Å². The molecule has 0 unspecified atom stereocenters. The van der Waals surface area contributed by atoms with Gasteiger partial charge in [0, 0.05) is 25.2 Å². The summed E-state index contributed by atoms with van der Waals surface area (Å²) >= 11 is 6.72. The van der Waals surface area contributed by atoms with Gasteiger partial charge < -0.3 is 20.1 Å². The average molecular weight is 478 g/mol. The maximum absolute atomic E-state index is 12.2. The number of ether oxygens (including phenoxy) is 1. The first kappa shape index (κ1) is 20.5. The largest absolute Gasteiger partial charge is 0.506 e. The summed E-state index contributed by atoms with van der Waals surface area (Å²) in [5, 5.41) is 13.4. The highest BCUT2D eigenvalue weighted by Crippen LogP contribution is 2.33. The molecule has 0 radical (unpaired) electrons. The summed E-state index contributed by atoms with van der Waals surface area (Å²) in [7, 11) is 0. The van der Waals surface area contributed by atoms with Crippen LogP contribution in [0.4, 0.5) is 4.79 Å². The third kappa shape index (κ3) is 5.86. The Morgan fingerprint density at radius 1 is 1.28 bits per heavy atom. The van der Waals surface area contributed by atoms with Crippen LogP contribution in [0.3, 0.4) is 0 Å². The first-order chi connectivity index (χ1) is 11.5. The van der Waals surface area contributed by atoms with Gasteiger partial charge in [0.05, 0.1) is 8.95 Å². The highest BCUT2D eigenvalue weighted by atomic mass is 79.9. The molecule has 1 amide bonds. The lowest BCUT2D eigenvalue weighted by Gasteiger charge is -2.40. The molecule has 0 spiro atoms. The zero-order valence-corrected chi connectivity index (χ0v) is 18.3. The fraction of sp³-hybridized carbons (Fsp3) is 0.611. The lowest BCUT2D eigenvalue weighted by molar-refractivity contribution is 0.0156. The van der Waals surface area contributed by atoms with Crippen molar-refractivity contribution in [2.24, 2.45) is 0 Å². The zero-order valence-electron chi connectivity index (χ0n) is 15.2. The first-order valence-corrected chi connectivity index (χ1v) is 9.97. The van der Waals surface area contributed by atoms with Crippen molar-refractivity contribution in [1.29, 1.82) is 0 Å². The Balaban J connectivity index is 1.89. The van der Waals surface area contributed by atoms with E-state index in [1.54, 1.807) is 4.90 Å². The SMILES string of the molecule is CC1(NCc2cc(Br)c(O)c(Br)c2)CCN(C(=O)OC(C)(C)C)CC1. The Bertz CT molecular complexity index is 613. The first-order valence-electron chi connectivity index (χ1n) is 8.39. The van der Waals surface area contributed by atoms with Gasteiger partial charge in [-0.3, -0.25) is 0 Å². The molecule has 2 rings (SSSR count). The fourth-order valence-electron chi connectivity index (χ4n) is 2.72. The number of halogens is 2. The van der Waals surface area contributed by atoms with Crippen LogP contribution in [0.15, 0.2) is 21.1 Å². The quantitative estimate of drug-likeness (QED) is 0.656. The van der Waals surface area contributed by atoms with E-state index in [9.17, 15) is 9.90 Å². The van der Waals surface area contributed by atoms with Crippen molar-refractivity contribution in [3.05, 3.63) is 26.6 Å². The number of nitrogens with zero attached hydrogens (tertiary/aromatic N) is 1. The molecular formula is C18H26Br2N2O3. The number of phenols is 1. The van der Waals surface area contributed by atoms with Crippen molar-refractivity contribution in [2.45, 2.75) is 58.2 Å². The molecule has 1 aliphatic rings. The molecular weight excluding hydrogens is 452 g/mol. The number of nitrogens with one attached hydrogen (secondary N) is 1. The van der Waals surface area contributed by atoms with E-state index in [1.807, 2.05) is 32.9 Å². The number of carbonyl (C=O) groups is 1. The fourth-order valence-corrected chi connectivity index (χ4v) is 4.00. The average Bonchev–Trinajstić information content (AvgIpc) is 2.49. The molecule has 5 nitrogen and oxygen atoms in total. The Morgan fingerprint density at radius 2 is 1.80 bits per heavy atom. The molecule has 0 aromatic heterocycles. The van der Waals surface area contributed by atoms with Crippen LogP contribution >= 0.6 is 31.9 Å². The van der Waals surface area contributed by atoms with Gasteiger partial charge in [0.25, 0.3) is 0 Å². The van der Waals surface area contributed by atoms with Crippen molar-refractivity contribution < 1.29 is 14.6 Å². The van der Waals surface area contributed by atoms with E-state index in [-0.39, 0.29) is 17.4 Å². The van der Waals surface area contributed by atoms with Crippen LogP contribution in [0.25, 0.3) is 0 Å². The van der Waals surface area contributed by atoms with E-state index >= 15 is 0 Å². The van der Waals surface area contributed by atoms with Gasteiger partial charge in [0.15, 0.2) is 0 Å². The Kier molecular flexibility index (Phi) is 6.44. The molecule has 1 aromatic rings. The number of hydrogen-bond donors (Lipinski definition) is 2. The molecule has 0 bridgehead atoms. The van der Waals surface area contributed by atoms with Crippen molar-refractivity contribution in [3.8, 4) is 5.75 Å². The van der Waals surface area contributed by atoms with Crippen LogP contribution in [-0.4, -0.2) is 40.3 Å². The smallest absolute Gasteiger partial charge is 0.410 e. The molecule has 7 heteroatoms. The van der Waals surface area contributed by atoms with E-state index in [1.165, 1.54) is 0 Å². The monoisotopic (exact) mass is 476 g/mol. The number of likely N-dealkylation sites (tertiary alicyclic amines) is 1. The van der Waals surface area contributed by atoms with E-state index in [2.05, 4.69) is 44.1 Å². The number of benzene rings is 1. The predicted molar refractivity (Wildman–Crippen MR) is 106 cm³/mol. The topological polar surface area (TPSA) is 61.8 Å². The summed E-state index contributed by atoms with van der Waals surface area (Å²) in [4.78, 5) is 13.9. The summed E-state index contributed by atoms with van der Waals surface area (Å²) in [6.45, 7) is 9.89. The number of carbonyl (C=O) groups excluding carboxylic acids is 1. The maximum Gasteiger partial charge on any atom is 0.410 e. The van der Waals surface area contributed by atoms with E-state index < -0.39 is 5.60 Å². The third-order valence-corrected chi connectivity index (χ3v) is 5.52. The molecule has 25 heavy (non-hydrogen) atoms. The number of hydrogen-bond acceptors (Lipinski definition) is 4. The van der Waals surface area contributed by atoms with Crippen LogP contribution in [0.5, 0.6) is 5.75 Å². The van der Waals surface area contributed by atoms with E-state index in [0.29, 0.717) is 28.6 Å². The normalized spacial score (nSPS) is 17.4. The van der Waals surface area contributed by atoms with Crippen molar-refractivity contribution >= 4 is 38.0 Å². The van der Waals surface area contributed by atoms with Crippen LogP contribution < -0.4 is 5.32 Å². The number of amides is 1. The molecule has 1 saturated heterocycles. The van der Waals surface area contributed by atoms with Gasteiger partial charge in [-0.05, 0) is 90.1 Å². The molecule has 0 aliphatic carbocycles. The molecule has 1 heterocycles. The summed E-state index contributed by atoms with van der Waals surface area (Å²) < 4.78 is 6.78. The molecule has 1 aromatic carbocycles. The van der Waals surface area contributed by atoms with E-state index in [4.69, 9.17) is 4.74 Å². The summed E-state index contributed by atoms with van der Waals surface area (Å²) in [5.74, 6) is 0.209. The van der Waals surface area contributed by atoms with Gasteiger partial charge >= 0.3 is 6.09 Å². The second-order valence-electron chi connectivity index (χ2n) is 7.79. The Morgan fingerprint density at radius 3 is 2.28 bits per heavy atom. The van der Waals surface area contributed by atoms with Gasteiger partial charge in [0.2, 0.25) is 0 Å². The summed E-state index contributed by atoms with van der Waals surface area (Å²) in [6.07, 6.45) is 1.50. The second-order valence-corrected chi connectivity index (χ2v) is 9.50. The van der Waals surface area contributed by atoms with Crippen LogP contribution in [0, 0.1) is 0 Å². The van der Waals surface area contributed by atoms with Gasteiger partial charge in [-0.25, -0.2) is 4.79 Å². The molecule has 1 aliphatic heterocycles. The number of aromatic hydroxyl groups is 1. The maximum atomic E-state index is 12.2. The van der Waals surface area contributed by atoms with Gasteiger partial charge in [-0.2, -0.15) is 0 Å². The molecule has 2 N–H and O–H groups in total. The molecule has 0 atom stereocenters. The molecule has 140 valence electrons. The van der Waals surface area contributed by atoms with Gasteiger partial charge in [-0.15, -0.1) is 0 Å². The Hall–Kier alpha value is -0.790. The number of phenolic OH excluding ortho intramolecular Hbond substituents is 1. The predicted octanol–water partition coefficient (Wildman–Crippen LogP) is 4.80. The van der Waals surface area contributed by atoms with E-state index in [0.717, 1.165) is 18.4 Å². The van der Waals surface area contributed by atoms with Crippen LogP contribution in [0.1, 0.15) is 46.1 Å². The standard InChI is InChI=1S/C18H26Br2N2O3/c1-17(2,3)25-16(24)22-7-5-18(4,6-8-22)21-11-12-9-13(19)15(23)14(20)10-12/h9-10,21,23H,5-8,11H2,1-4H3. The molecule has 0 saturated carbocycles. The minimum absolute atomic E-state index is 0.0324. The van der Waals surface area contributed by atoms with Crippen molar-refractivity contribution in [1.82, 2.24) is 10.2 Å². The lowest BCUT2D eigenvalue weighted by Crippen LogP contribution is -2.53. The highest BCUT2D eigenvalue weighted by Gasteiger charge is 2.33. The Labute approximate surface area is 166 Å². The minimum Gasteiger partial charge on any atom is -0.506 e. The lowest BCUT2D eigenvalue weighted by atomic mass is 9.89.